The highest BCUT2D eigenvalue weighted by atomic mass is 19.2. The summed E-state index contributed by atoms with van der Waals surface area (Å²) in [5, 5.41) is 19.6. The molecule has 0 spiro atoms. The minimum atomic E-state index is -1.01. The number of aliphatic hydroxyl groups is 2. The van der Waals surface area contributed by atoms with Crippen LogP contribution < -0.4 is 0 Å². The third kappa shape index (κ3) is 3.53. The van der Waals surface area contributed by atoms with E-state index in [0.717, 1.165) is 19.2 Å². The first-order chi connectivity index (χ1) is 9.49. The second kappa shape index (κ2) is 6.61. The Labute approximate surface area is 117 Å². The Morgan fingerprint density at radius 1 is 1.40 bits per heavy atom. The Hall–Kier alpha value is -1.04. The molecule has 3 atom stereocenters. The zero-order valence-corrected chi connectivity index (χ0v) is 11.6. The van der Waals surface area contributed by atoms with Crippen LogP contribution in [0.5, 0.6) is 0 Å². The van der Waals surface area contributed by atoms with Gasteiger partial charge in [-0.25, -0.2) is 8.78 Å². The summed E-state index contributed by atoms with van der Waals surface area (Å²) in [6.07, 6.45) is -0.209. The van der Waals surface area contributed by atoms with Gasteiger partial charge in [0, 0.05) is 25.2 Å². The number of hydrogen-bond donors (Lipinski definition) is 2. The summed E-state index contributed by atoms with van der Waals surface area (Å²) in [5.74, 6) is -1.70. The van der Waals surface area contributed by atoms with Gasteiger partial charge < -0.3 is 15.1 Å². The molecule has 0 saturated carbocycles. The van der Waals surface area contributed by atoms with Gasteiger partial charge in [-0.3, -0.25) is 0 Å². The van der Waals surface area contributed by atoms with Gasteiger partial charge in [-0.05, 0) is 24.8 Å². The van der Waals surface area contributed by atoms with Crippen LogP contribution >= 0.6 is 0 Å². The molecule has 0 aliphatic carbocycles. The Bertz CT molecular complexity index is 455. The minimum Gasteiger partial charge on any atom is -0.393 e. The largest absolute Gasteiger partial charge is 0.393 e. The summed E-state index contributed by atoms with van der Waals surface area (Å²) < 4.78 is 26.7. The maximum Gasteiger partial charge on any atom is 0.164 e. The molecule has 112 valence electrons. The zero-order valence-electron chi connectivity index (χ0n) is 11.6. The smallest absolute Gasteiger partial charge is 0.164 e. The Morgan fingerprint density at radius 2 is 2.15 bits per heavy atom. The summed E-state index contributed by atoms with van der Waals surface area (Å²) >= 11 is 0. The van der Waals surface area contributed by atoms with Crippen molar-refractivity contribution in [2.24, 2.45) is 5.92 Å². The van der Waals surface area contributed by atoms with E-state index in [4.69, 9.17) is 0 Å². The van der Waals surface area contributed by atoms with Crippen LogP contribution in [-0.4, -0.2) is 40.9 Å². The van der Waals surface area contributed by atoms with E-state index >= 15 is 0 Å². The minimum absolute atomic E-state index is 0.00935. The van der Waals surface area contributed by atoms with Gasteiger partial charge in [-0.1, -0.05) is 19.1 Å². The second-order valence-electron chi connectivity index (χ2n) is 5.58. The lowest BCUT2D eigenvalue weighted by atomic mass is 9.96. The number of halogens is 2. The number of benzene rings is 1. The standard InChI is InChI=1S/C15H21F2NO2/c1-10-9-18(7-5-13(10)19)8-6-14(20)11-3-2-4-12(16)15(11)17/h2-4,10,13-14,19-20H,5-9H2,1H3. The molecule has 1 aromatic carbocycles. The highest BCUT2D eigenvalue weighted by Gasteiger charge is 2.25. The lowest BCUT2D eigenvalue weighted by Crippen LogP contribution is -2.42. The van der Waals surface area contributed by atoms with E-state index in [1.54, 1.807) is 0 Å². The predicted octanol–water partition coefficient (Wildman–Crippen LogP) is 2.09. The van der Waals surface area contributed by atoms with Gasteiger partial charge in [0.1, 0.15) is 0 Å². The molecule has 1 aliphatic rings. The molecule has 5 heteroatoms. The van der Waals surface area contributed by atoms with Crippen LogP contribution in [0.4, 0.5) is 8.78 Å². The third-order valence-electron chi connectivity index (χ3n) is 4.00. The van der Waals surface area contributed by atoms with Gasteiger partial charge in [-0.15, -0.1) is 0 Å². The van der Waals surface area contributed by atoms with Crippen molar-refractivity contribution in [1.29, 1.82) is 0 Å². The quantitative estimate of drug-likeness (QED) is 0.890. The Kier molecular flexibility index (Phi) is 5.07. The van der Waals surface area contributed by atoms with Gasteiger partial charge in [-0.2, -0.15) is 0 Å². The molecule has 3 unspecified atom stereocenters. The molecule has 2 rings (SSSR count). The monoisotopic (exact) mass is 285 g/mol. The summed E-state index contributed by atoms with van der Waals surface area (Å²) in [4.78, 5) is 2.14. The van der Waals surface area contributed by atoms with E-state index in [2.05, 4.69) is 4.90 Å². The lowest BCUT2D eigenvalue weighted by Gasteiger charge is -2.34. The molecule has 3 nitrogen and oxygen atoms in total. The van der Waals surface area contributed by atoms with Crippen LogP contribution in [0.15, 0.2) is 18.2 Å². The van der Waals surface area contributed by atoms with Crippen molar-refractivity contribution in [3.8, 4) is 0 Å². The van der Waals surface area contributed by atoms with Crippen molar-refractivity contribution in [3.63, 3.8) is 0 Å². The molecule has 1 aromatic rings. The summed E-state index contributed by atoms with van der Waals surface area (Å²) in [6, 6.07) is 3.85. The van der Waals surface area contributed by atoms with Crippen LogP contribution in [0.25, 0.3) is 0 Å². The van der Waals surface area contributed by atoms with E-state index in [1.165, 1.54) is 12.1 Å². The van der Waals surface area contributed by atoms with Gasteiger partial charge in [0.2, 0.25) is 0 Å². The van der Waals surface area contributed by atoms with Crippen molar-refractivity contribution >= 4 is 0 Å². The van der Waals surface area contributed by atoms with Crippen molar-refractivity contribution < 1.29 is 19.0 Å². The van der Waals surface area contributed by atoms with Gasteiger partial charge in [0.15, 0.2) is 11.6 Å². The highest BCUT2D eigenvalue weighted by Crippen LogP contribution is 2.23. The summed E-state index contributed by atoms with van der Waals surface area (Å²) in [7, 11) is 0. The van der Waals surface area contributed by atoms with Gasteiger partial charge in [0.25, 0.3) is 0 Å². The maximum absolute atomic E-state index is 13.5. The zero-order chi connectivity index (χ0) is 14.7. The van der Waals surface area contributed by atoms with Crippen LogP contribution in [-0.2, 0) is 0 Å². The van der Waals surface area contributed by atoms with Gasteiger partial charge >= 0.3 is 0 Å². The van der Waals surface area contributed by atoms with Crippen molar-refractivity contribution in [2.75, 3.05) is 19.6 Å². The molecule has 0 amide bonds. The molecule has 1 heterocycles. The fraction of sp³-hybridized carbons (Fsp3) is 0.600. The first-order valence-corrected chi connectivity index (χ1v) is 7.01. The lowest BCUT2D eigenvalue weighted by molar-refractivity contribution is 0.0285. The number of aliphatic hydroxyl groups excluding tert-OH is 2. The van der Waals surface area contributed by atoms with Crippen molar-refractivity contribution in [1.82, 2.24) is 4.90 Å². The van der Waals surface area contributed by atoms with E-state index in [1.807, 2.05) is 6.92 Å². The maximum atomic E-state index is 13.5. The van der Waals surface area contributed by atoms with E-state index in [0.29, 0.717) is 19.4 Å². The van der Waals surface area contributed by atoms with Crippen LogP contribution in [0.1, 0.15) is 31.4 Å². The number of rotatable bonds is 4. The van der Waals surface area contributed by atoms with Crippen LogP contribution in [0.2, 0.25) is 0 Å². The van der Waals surface area contributed by atoms with Crippen molar-refractivity contribution in [2.45, 2.75) is 32.0 Å². The SMILES string of the molecule is CC1CN(CCC(O)c2cccc(F)c2F)CCC1O. The van der Waals surface area contributed by atoms with Crippen LogP contribution in [0, 0.1) is 17.6 Å². The first-order valence-electron chi connectivity index (χ1n) is 7.01. The molecule has 0 radical (unpaired) electrons. The fourth-order valence-corrected chi connectivity index (χ4v) is 2.66. The third-order valence-corrected chi connectivity index (χ3v) is 4.00. The molecule has 2 N–H and O–H groups in total. The molecule has 20 heavy (non-hydrogen) atoms. The molecule has 1 aliphatic heterocycles. The molecular formula is C15H21F2NO2. The van der Waals surface area contributed by atoms with Crippen LogP contribution in [0.3, 0.4) is 0 Å². The molecule has 1 saturated heterocycles. The van der Waals surface area contributed by atoms with E-state index < -0.39 is 17.7 Å². The molecule has 0 bridgehead atoms. The molecule has 0 aromatic heterocycles. The fourth-order valence-electron chi connectivity index (χ4n) is 2.66. The number of hydrogen-bond acceptors (Lipinski definition) is 3. The second-order valence-corrected chi connectivity index (χ2v) is 5.58. The summed E-state index contributed by atoms with van der Waals surface area (Å²) in [5.41, 5.74) is 0.00935. The topological polar surface area (TPSA) is 43.7 Å². The molecule has 1 fully saturated rings. The number of likely N-dealkylation sites (tertiary alicyclic amines) is 1. The van der Waals surface area contributed by atoms with Gasteiger partial charge in [0.05, 0.1) is 12.2 Å². The predicted molar refractivity (Wildman–Crippen MR) is 72.2 cm³/mol. The van der Waals surface area contributed by atoms with E-state index in [-0.39, 0.29) is 17.6 Å². The summed E-state index contributed by atoms with van der Waals surface area (Å²) in [6.45, 7) is 4.12. The Morgan fingerprint density at radius 3 is 2.85 bits per heavy atom. The molecular weight excluding hydrogens is 264 g/mol. The average Bonchev–Trinajstić information content (AvgIpc) is 2.43. The Balaban J connectivity index is 1.89. The first kappa shape index (κ1) is 15.4. The van der Waals surface area contributed by atoms with Crippen molar-refractivity contribution in [3.05, 3.63) is 35.4 Å². The highest BCUT2D eigenvalue weighted by molar-refractivity contribution is 5.21. The normalized spacial score (nSPS) is 25.6. The average molecular weight is 285 g/mol. The number of piperidine rings is 1. The van der Waals surface area contributed by atoms with E-state index in [9.17, 15) is 19.0 Å². The number of nitrogens with zero attached hydrogens (tertiary/aromatic N) is 1.